The minimum Gasteiger partial charge on any atom is -0.423 e. The van der Waals surface area contributed by atoms with Gasteiger partial charge in [0.15, 0.2) is 0 Å². The number of ether oxygens (including phenoxy) is 1. The monoisotopic (exact) mass is 252 g/mol. The molecule has 0 spiro atoms. The quantitative estimate of drug-likeness (QED) is 0.458. The van der Waals surface area contributed by atoms with E-state index in [-0.39, 0.29) is 12.4 Å². The summed E-state index contributed by atoms with van der Waals surface area (Å²) < 4.78 is 4.80. The van der Waals surface area contributed by atoms with Crippen molar-refractivity contribution < 1.29 is 9.53 Å². The van der Waals surface area contributed by atoms with E-state index in [9.17, 15) is 4.79 Å². The molecule has 0 aliphatic carbocycles. The van der Waals surface area contributed by atoms with E-state index in [2.05, 4.69) is 6.58 Å². The van der Waals surface area contributed by atoms with Crippen molar-refractivity contribution in [3.05, 3.63) is 40.9 Å². The lowest BCUT2D eigenvalue weighted by Crippen LogP contribution is -2.02. The standard InChI is InChI=1S/C9H6Cl2O2.ClH/c1-2-9(12)13-6-3-4-7(10)8(11)5-6;/h2-5H,1H2;1H. The first-order valence-electron chi connectivity index (χ1n) is 3.43. The Kier molecular flexibility index (Phi) is 5.62. The smallest absolute Gasteiger partial charge is 0.335 e. The molecular weight excluding hydrogens is 246 g/mol. The van der Waals surface area contributed by atoms with E-state index < -0.39 is 5.97 Å². The van der Waals surface area contributed by atoms with E-state index in [1.807, 2.05) is 0 Å². The third-order valence-corrected chi connectivity index (χ3v) is 2.02. The Morgan fingerprint density at radius 2 is 2.00 bits per heavy atom. The van der Waals surface area contributed by atoms with Gasteiger partial charge in [-0.25, -0.2) is 4.79 Å². The van der Waals surface area contributed by atoms with E-state index in [0.717, 1.165) is 6.08 Å². The van der Waals surface area contributed by atoms with E-state index in [0.29, 0.717) is 15.8 Å². The Hall–Kier alpha value is -0.700. The molecule has 0 bridgehead atoms. The van der Waals surface area contributed by atoms with Gasteiger partial charge in [0.1, 0.15) is 5.75 Å². The largest absolute Gasteiger partial charge is 0.423 e. The van der Waals surface area contributed by atoms with Crippen molar-refractivity contribution in [1.29, 1.82) is 0 Å². The number of benzene rings is 1. The molecule has 5 heteroatoms. The van der Waals surface area contributed by atoms with Crippen LogP contribution in [-0.2, 0) is 4.79 Å². The second-order valence-electron chi connectivity index (χ2n) is 2.20. The molecule has 14 heavy (non-hydrogen) atoms. The number of carbonyl (C=O) groups is 1. The summed E-state index contributed by atoms with van der Waals surface area (Å²) in [5, 5.41) is 0.760. The zero-order valence-corrected chi connectivity index (χ0v) is 9.33. The number of esters is 1. The van der Waals surface area contributed by atoms with Crippen LogP contribution in [0.25, 0.3) is 0 Å². The molecule has 0 N–H and O–H groups in total. The second kappa shape index (κ2) is 5.91. The van der Waals surface area contributed by atoms with Gasteiger partial charge < -0.3 is 4.74 Å². The first-order chi connectivity index (χ1) is 6.13. The highest BCUT2D eigenvalue weighted by atomic mass is 35.5. The summed E-state index contributed by atoms with van der Waals surface area (Å²) >= 11 is 11.3. The average molecular weight is 254 g/mol. The molecule has 0 saturated carbocycles. The fourth-order valence-electron chi connectivity index (χ4n) is 0.698. The van der Waals surface area contributed by atoms with Crippen molar-refractivity contribution in [3.63, 3.8) is 0 Å². The number of rotatable bonds is 2. The lowest BCUT2D eigenvalue weighted by atomic mass is 10.3. The van der Waals surface area contributed by atoms with Crippen molar-refractivity contribution in [2.24, 2.45) is 0 Å². The molecule has 0 unspecified atom stereocenters. The predicted octanol–water partition coefficient (Wildman–Crippen LogP) is 3.51. The van der Waals surface area contributed by atoms with Crippen LogP contribution in [0.15, 0.2) is 30.9 Å². The molecule has 0 aromatic heterocycles. The Bertz CT molecular complexity index is 350. The van der Waals surface area contributed by atoms with Gasteiger partial charge in [-0.1, -0.05) is 29.8 Å². The van der Waals surface area contributed by atoms with Crippen molar-refractivity contribution in [3.8, 4) is 5.75 Å². The maximum atomic E-state index is 10.8. The first-order valence-corrected chi connectivity index (χ1v) is 4.18. The summed E-state index contributed by atoms with van der Waals surface area (Å²) in [6, 6.07) is 4.57. The third-order valence-electron chi connectivity index (χ3n) is 1.28. The first kappa shape index (κ1) is 13.3. The normalized spacial score (nSPS) is 8.71. The number of hydrogen-bond acceptors (Lipinski definition) is 2. The van der Waals surface area contributed by atoms with Crippen molar-refractivity contribution >= 4 is 41.6 Å². The number of carbonyl (C=O) groups excluding carboxylic acids is 1. The summed E-state index contributed by atoms with van der Waals surface area (Å²) in [5.74, 6) is -0.183. The molecule has 0 radical (unpaired) electrons. The predicted molar refractivity (Wildman–Crippen MR) is 59.5 cm³/mol. The summed E-state index contributed by atoms with van der Waals surface area (Å²) in [6.45, 7) is 3.26. The highest BCUT2D eigenvalue weighted by molar-refractivity contribution is 6.42. The summed E-state index contributed by atoms with van der Waals surface area (Å²) in [4.78, 5) is 10.8. The van der Waals surface area contributed by atoms with Gasteiger partial charge in [-0.15, -0.1) is 12.4 Å². The molecular formula is C9H7Cl3O2. The van der Waals surface area contributed by atoms with E-state index >= 15 is 0 Å². The average Bonchev–Trinajstić information content (AvgIpc) is 2.11. The van der Waals surface area contributed by atoms with Crippen molar-refractivity contribution in [2.45, 2.75) is 0 Å². The fourth-order valence-corrected chi connectivity index (χ4v) is 0.986. The number of halogens is 3. The van der Waals surface area contributed by atoms with Crippen LogP contribution in [0, 0.1) is 0 Å². The molecule has 0 aliphatic rings. The van der Waals surface area contributed by atoms with Crippen LogP contribution in [0.2, 0.25) is 10.0 Å². The van der Waals surface area contributed by atoms with E-state index in [1.165, 1.54) is 6.07 Å². The molecule has 0 atom stereocenters. The summed E-state index contributed by atoms with van der Waals surface area (Å²) in [6.07, 6.45) is 1.07. The van der Waals surface area contributed by atoms with Crippen LogP contribution in [0.1, 0.15) is 0 Å². The van der Waals surface area contributed by atoms with Crippen LogP contribution in [0.3, 0.4) is 0 Å². The van der Waals surface area contributed by atoms with Crippen LogP contribution in [-0.4, -0.2) is 5.97 Å². The van der Waals surface area contributed by atoms with Crippen LogP contribution in [0.4, 0.5) is 0 Å². The van der Waals surface area contributed by atoms with Gasteiger partial charge in [-0.2, -0.15) is 0 Å². The molecule has 1 aromatic carbocycles. The fraction of sp³-hybridized carbons (Fsp3) is 0. The zero-order valence-electron chi connectivity index (χ0n) is 7.00. The van der Waals surface area contributed by atoms with Gasteiger partial charge in [-0.3, -0.25) is 0 Å². The minimum atomic E-state index is -0.529. The molecule has 1 aromatic rings. The lowest BCUT2D eigenvalue weighted by Gasteiger charge is -2.01. The molecule has 0 amide bonds. The van der Waals surface area contributed by atoms with E-state index in [4.69, 9.17) is 27.9 Å². The van der Waals surface area contributed by atoms with Crippen LogP contribution >= 0.6 is 35.6 Å². The summed E-state index contributed by atoms with van der Waals surface area (Å²) in [5.41, 5.74) is 0. The van der Waals surface area contributed by atoms with E-state index in [1.54, 1.807) is 12.1 Å². The lowest BCUT2D eigenvalue weighted by molar-refractivity contribution is -0.128. The second-order valence-corrected chi connectivity index (χ2v) is 3.02. The van der Waals surface area contributed by atoms with Crippen LogP contribution < -0.4 is 4.74 Å². The van der Waals surface area contributed by atoms with Gasteiger partial charge in [0, 0.05) is 12.1 Å². The Labute approximate surface area is 97.9 Å². The van der Waals surface area contributed by atoms with Gasteiger partial charge >= 0.3 is 5.97 Å². The van der Waals surface area contributed by atoms with Gasteiger partial charge in [0.2, 0.25) is 0 Å². The molecule has 0 saturated heterocycles. The van der Waals surface area contributed by atoms with Crippen LogP contribution in [0.5, 0.6) is 5.75 Å². The Morgan fingerprint density at radius 3 is 2.50 bits per heavy atom. The Morgan fingerprint density at radius 1 is 1.36 bits per heavy atom. The van der Waals surface area contributed by atoms with Crippen molar-refractivity contribution in [1.82, 2.24) is 0 Å². The molecule has 0 heterocycles. The van der Waals surface area contributed by atoms with Gasteiger partial charge in [0.05, 0.1) is 10.0 Å². The van der Waals surface area contributed by atoms with Crippen molar-refractivity contribution in [2.75, 3.05) is 0 Å². The maximum Gasteiger partial charge on any atom is 0.335 e. The SMILES string of the molecule is C=CC(=O)Oc1ccc(Cl)c(Cl)c1.Cl. The highest BCUT2D eigenvalue weighted by Gasteiger charge is 2.02. The molecule has 0 aliphatic heterocycles. The maximum absolute atomic E-state index is 10.8. The molecule has 76 valence electrons. The molecule has 0 fully saturated rings. The highest BCUT2D eigenvalue weighted by Crippen LogP contribution is 2.26. The summed E-state index contributed by atoms with van der Waals surface area (Å²) in [7, 11) is 0. The zero-order chi connectivity index (χ0) is 9.84. The molecule has 2 nitrogen and oxygen atoms in total. The van der Waals surface area contributed by atoms with Gasteiger partial charge in [0.25, 0.3) is 0 Å². The van der Waals surface area contributed by atoms with Gasteiger partial charge in [-0.05, 0) is 12.1 Å². The topological polar surface area (TPSA) is 26.3 Å². The minimum absolute atomic E-state index is 0. The number of hydrogen-bond donors (Lipinski definition) is 0. The third kappa shape index (κ3) is 3.58. The molecule has 1 rings (SSSR count). The Balaban J connectivity index is 0.00000169.